The van der Waals surface area contributed by atoms with Crippen molar-refractivity contribution in [1.29, 1.82) is 0 Å². The molecule has 1 aromatic carbocycles. The molecule has 1 aliphatic heterocycles. The van der Waals surface area contributed by atoms with Crippen molar-refractivity contribution < 1.29 is 32.6 Å². The molecular weight excluding hydrogens is 480 g/mol. The first-order chi connectivity index (χ1) is 14.4. The summed E-state index contributed by atoms with van der Waals surface area (Å²) < 4.78 is 44.1. The fourth-order valence-electron chi connectivity index (χ4n) is 3.17. The Labute approximate surface area is 186 Å². The Morgan fingerprint density at radius 1 is 1.16 bits per heavy atom. The molecule has 0 spiro atoms. The molecule has 1 aliphatic rings. The van der Waals surface area contributed by atoms with Crippen LogP contribution in [-0.2, 0) is 19.1 Å². The van der Waals surface area contributed by atoms with E-state index in [1.165, 1.54) is 12.0 Å². The van der Waals surface area contributed by atoms with Crippen LogP contribution in [0.2, 0.25) is 0 Å². The molecule has 0 saturated carbocycles. The Bertz CT molecular complexity index is 993. The average Bonchev–Trinajstić information content (AvgIpc) is 3.08. The van der Waals surface area contributed by atoms with E-state index in [0.717, 1.165) is 0 Å². The molecule has 1 aromatic heterocycles. The number of alkyl halides is 3. The van der Waals surface area contributed by atoms with E-state index >= 15 is 0 Å². The molecule has 8 nitrogen and oxygen atoms in total. The highest BCUT2D eigenvalue weighted by Gasteiger charge is 2.44. The maximum Gasteiger partial charge on any atom is 0.411 e. The van der Waals surface area contributed by atoms with Gasteiger partial charge >= 0.3 is 16.9 Å². The molecule has 1 saturated heterocycles. The minimum absolute atomic E-state index is 0.0215. The zero-order valence-electron chi connectivity index (χ0n) is 17.4. The third-order valence-electron chi connectivity index (χ3n) is 4.45. The molecule has 2 aromatic rings. The molecule has 0 N–H and O–H groups in total. The summed E-state index contributed by atoms with van der Waals surface area (Å²) in [5.41, 5.74) is -0.842. The number of para-hydroxylation sites is 2. The first-order valence-electron chi connectivity index (χ1n) is 9.47. The van der Waals surface area contributed by atoms with E-state index in [2.05, 4.69) is 25.9 Å². The minimum atomic E-state index is -3.50. The monoisotopic (exact) mass is 501 g/mol. The van der Waals surface area contributed by atoms with Gasteiger partial charge in [-0.1, -0.05) is 12.1 Å². The maximum absolute atomic E-state index is 14.1. The predicted molar refractivity (Wildman–Crippen MR) is 110 cm³/mol. The topological polar surface area (TPSA) is 90.9 Å². The number of likely N-dealkylation sites (tertiary alicyclic amines) is 1. The van der Waals surface area contributed by atoms with Crippen molar-refractivity contribution in [1.82, 2.24) is 14.9 Å². The van der Waals surface area contributed by atoms with Crippen LogP contribution in [0.5, 0.6) is 5.88 Å². The molecule has 1 fully saturated rings. The zero-order valence-corrected chi connectivity index (χ0v) is 19.0. The molecule has 1 amide bonds. The average molecular weight is 502 g/mol. The SMILES string of the molecule is COC(=O)[C@@H]1C[C@@H](Oc2nc3ccccc3nc2C(F)(F)Br)CN1C(=O)OC(C)(C)C. The van der Waals surface area contributed by atoms with Gasteiger partial charge in [-0.25, -0.2) is 19.6 Å². The number of rotatable bonds is 4. The summed E-state index contributed by atoms with van der Waals surface area (Å²) in [4.78, 5) is 30.6. The molecule has 11 heteroatoms. The Morgan fingerprint density at radius 2 is 1.77 bits per heavy atom. The summed E-state index contributed by atoms with van der Waals surface area (Å²) in [6, 6.07) is 5.54. The molecule has 168 valence electrons. The molecule has 2 heterocycles. The van der Waals surface area contributed by atoms with Crippen molar-refractivity contribution in [2.24, 2.45) is 0 Å². The lowest BCUT2D eigenvalue weighted by atomic mass is 10.2. The van der Waals surface area contributed by atoms with E-state index < -0.39 is 40.3 Å². The third-order valence-corrected chi connectivity index (χ3v) is 4.82. The van der Waals surface area contributed by atoms with Gasteiger partial charge in [-0.2, -0.15) is 8.78 Å². The van der Waals surface area contributed by atoms with Gasteiger partial charge in [0, 0.05) is 6.42 Å². The quantitative estimate of drug-likeness (QED) is 0.461. The van der Waals surface area contributed by atoms with Gasteiger partial charge in [-0.3, -0.25) is 4.90 Å². The maximum atomic E-state index is 14.1. The summed E-state index contributed by atoms with van der Waals surface area (Å²) in [6.45, 7) is 5.00. The molecule has 2 atom stereocenters. The summed E-state index contributed by atoms with van der Waals surface area (Å²) in [5, 5.41) is 0. The third kappa shape index (κ3) is 5.38. The van der Waals surface area contributed by atoms with Crippen molar-refractivity contribution in [3.8, 4) is 5.88 Å². The number of hydrogen-bond acceptors (Lipinski definition) is 7. The van der Waals surface area contributed by atoms with Crippen LogP contribution in [0.4, 0.5) is 13.6 Å². The van der Waals surface area contributed by atoms with Crippen molar-refractivity contribution >= 4 is 39.0 Å². The lowest BCUT2D eigenvalue weighted by Crippen LogP contribution is -2.44. The van der Waals surface area contributed by atoms with Crippen LogP contribution >= 0.6 is 15.9 Å². The second kappa shape index (κ2) is 8.52. The van der Waals surface area contributed by atoms with Gasteiger partial charge < -0.3 is 14.2 Å². The molecule has 0 radical (unpaired) electrons. The molecule has 3 rings (SSSR count). The zero-order chi connectivity index (χ0) is 23.0. The van der Waals surface area contributed by atoms with Crippen molar-refractivity contribution in [3.63, 3.8) is 0 Å². The van der Waals surface area contributed by atoms with Gasteiger partial charge in [-0.05, 0) is 48.8 Å². The molecule has 31 heavy (non-hydrogen) atoms. The highest BCUT2D eigenvalue weighted by Crippen LogP contribution is 2.39. The Hall–Kier alpha value is -2.56. The highest BCUT2D eigenvalue weighted by molar-refractivity contribution is 9.09. The van der Waals surface area contributed by atoms with E-state index in [-0.39, 0.29) is 24.4 Å². The number of halogens is 3. The molecular formula is C20H22BrF2N3O5. The molecule has 0 aliphatic carbocycles. The van der Waals surface area contributed by atoms with E-state index in [4.69, 9.17) is 14.2 Å². The van der Waals surface area contributed by atoms with Crippen molar-refractivity contribution in [3.05, 3.63) is 30.0 Å². The van der Waals surface area contributed by atoms with E-state index in [9.17, 15) is 18.4 Å². The first-order valence-corrected chi connectivity index (χ1v) is 10.3. The minimum Gasteiger partial charge on any atom is -0.471 e. The van der Waals surface area contributed by atoms with Gasteiger partial charge in [0.2, 0.25) is 5.88 Å². The second-order valence-corrected chi connectivity index (χ2v) is 9.01. The van der Waals surface area contributed by atoms with Gasteiger partial charge in [0.1, 0.15) is 17.7 Å². The largest absolute Gasteiger partial charge is 0.471 e. The Morgan fingerprint density at radius 3 is 2.32 bits per heavy atom. The van der Waals surface area contributed by atoms with E-state index in [1.807, 2.05) is 0 Å². The fourth-order valence-corrected chi connectivity index (χ4v) is 3.43. The number of benzene rings is 1. The lowest BCUT2D eigenvalue weighted by molar-refractivity contribution is -0.145. The van der Waals surface area contributed by atoms with Gasteiger partial charge in [0.15, 0.2) is 5.69 Å². The van der Waals surface area contributed by atoms with Gasteiger partial charge in [-0.15, -0.1) is 0 Å². The number of carbonyl (C=O) groups is 2. The predicted octanol–water partition coefficient (Wildman–Crippen LogP) is 4.00. The van der Waals surface area contributed by atoms with Crippen LogP contribution in [0.1, 0.15) is 32.9 Å². The number of hydrogen-bond donors (Lipinski definition) is 0. The Kier molecular flexibility index (Phi) is 6.35. The van der Waals surface area contributed by atoms with E-state index in [0.29, 0.717) is 5.52 Å². The number of nitrogens with zero attached hydrogens (tertiary/aromatic N) is 3. The number of methoxy groups -OCH3 is 1. The van der Waals surface area contributed by atoms with Gasteiger partial charge in [0.05, 0.1) is 24.7 Å². The van der Waals surface area contributed by atoms with Crippen molar-refractivity contribution in [2.75, 3.05) is 13.7 Å². The van der Waals surface area contributed by atoms with Crippen LogP contribution < -0.4 is 4.74 Å². The molecule has 0 unspecified atom stereocenters. The summed E-state index contributed by atoms with van der Waals surface area (Å²) in [7, 11) is 1.20. The van der Waals surface area contributed by atoms with Crippen LogP contribution in [0, 0.1) is 0 Å². The number of amides is 1. The smallest absolute Gasteiger partial charge is 0.411 e. The van der Waals surface area contributed by atoms with E-state index in [1.54, 1.807) is 45.0 Å². The van der Waals surface area contributed by atoms with Crippen LogP contribution in [0.15, 0.2) is 24.3 Å². The van der Waals surface area contributed by atoms with Crippen molar-refractivity contribution in [2.45, 2.75) is 49.8 Å². The second-order valence-electron chi connectivity index (χ2n) is 8.01. The number of esters is 1. The van der Waals surface area contributed by atoms with Crippen LogP contribution in [0.3, 0.4) is 0 Å². The van der Waals surface area contributed by atoms with Crippen LogP contribution in [-0.4, -0.2) is 58.3 Å². The normalized spacial score (nSPS) is 19.4. The number of ether oxygens (including phenoxy) is 3. The fraction of sp³-hybridized carbons (Fsp3) is 0.500. The van der Waals surface area contributed by atoms with Crippen LogP contribution in [0.25, 0.3) is 11.0 Å². The summed E-state index contributed by atoms with van der Waals surface area (Å²) >= 11 is 2.31. The number of aromatic nitrogens is 2. The standard InChI is InChI=1S/C20H22BrF2N3O5/c1-19(2,3)31-18(28)26-10-11(9-14(26)17(27)29-4)30-16-15(20(21,22)23)24-12-7-5-6-8-13(12)25-16/h5-8,11,14H,9-10H2,1-4H3/t11-,14+/m1/s1. The first kappa shape index (κ1) is 23.1. The number of fused-ring (bicyclic) bond motifs is 1. The molecule has 0 bridgehead atoms. The highest BCUT2D eigenvalue weighted by atomic mass is 79.9. The number of carbonyl (C=O) groups excluding carboxylic acids is 2. The van der Waals surface area contributed by atoms with Gasteiger partial charge in [0.25, 0.3) is 0 Å². The summed E-state index contributed by atoms with van der Waals surface area (Å²) in [6.07, 6.45) is -1.52. The Balaban J connectivity index is 1.91. The lowest BCUT2D eigenvalue weighted by Gasteiger charge is -2.27. The summed E-state index contributed by atoms with van der Waals surface area (Å²) in [5.74, 6) is -1.05.